The first-order valence-electron chi connectivity index (χ1n) is 11.9. The molecular formula is C25H28FN9O2. The fraction of sp³-hybridized carbons (Fsp3) is 0.320. The molecule has 0 bridgehead atoms. The van der Waals surface area contributed by atoms with Crippen LogP contribution in [0.2, 0.25) is 0 Å². The number of nitrogens with zero attached hydrogens (tertiary/aromatic N) is 5. The number of piperazine rings is 1. The molecule has 3 heterocycles. The fourth-order valence-electron chi connectivity index (χ4n) is 4.77. The highest BCUT2D eigenvalue weighted by atomic mass is 19.1. The molecule has 1 aliphatic rings. The number of benzene rings is 2. The van der Waals surface area contributed by atoms with Crippen molar-refractivity contribution in [3.8, 4) is 6.01 Å². The van der Waals surface area contributed by atoms with Gasteiger partial charge in [-0.3, -0.25) is 14.9 Å². The Hall–Kier alpha value is -4.32. The molecule has 1 saturated heterocycles. The van der Waals surface area contributed by atoms with Gasteiger partial charge in [0.15, 0.2) is 5.82 Å². The summed E-state index contributed by atoms with van der Waals surface area (Å²) >= 11 is 0. The summed E-state index contributed by atoms with van der Waals surface area (Å²) < 4.78 is 21.5. The van der Waals surface area contributed by atoms with E-state index in [0.29, 0.717) is 22.0 Å². The van der Waals surface area contributed by atoms with Gasteiger partial charge >= 0.3 is 6.01 Å². The normalized spacial score (nSPS) is 17.8. The number of amidine groups is 1. The Kier molecular flexibility index (Phi) is 6.34. The summed E-state index contributed by atoms with van der Waals surface area (Å²) in [5.41, 5.74) is 7.49. The van der Waals surface area contributed by atoms with Gasteiger partial charge in [0.25, 0.3) is 5.91 Å². The van der Waals surface area contributed by atoms with E-state index in [-0.39, 0.29) is 41.6 Å². The quantitative estimate of drug-likeness (QED) is 0.231. The van der Waals surface area contributed by atoms with Gasteiger partial charge < -0.3 is 26.0 Å². The zero-order valence-electron chi connectivity index (χ0n) is 20.7. The van der Waals surface area contributed by atoms with Crippen LogP contribution in [0.5, 0.6) is 6.01 Å². The minimum Gasteiger partial charge on any atom is -0.455 e. The number of aryl methyl sites for hydroxylation is 1. The van der Waals surface area contributed by atoms with Crippen molar-refractivity contribution in [1.29, 1.82) is 5.41 Å². The predicted molar refractivity (Wildman–Crippen MR) is 140 cm³/mol. The van der Waals surface area contributed by atoms with Crippen LogP contribution in [-0.2, 0) is 7.05 Å². The lowest BCUT2D eigenvalue weighted by atomic mass is 10.0. The molecule has 4 aromatic rings. The van der Waals surface area contributed by atoms with Gasteiger partial charge in [0.05, 0.1) is 11.1 Å². The summed E-state index contributed by atoms with van der Waals surface area (Å²) in [6, 6.07) is 7.04. The van der Waals surface area contributed by atoms with E-state index in [2.05, 4.69) is 44.4 Å². The molecule has 2 aromatic carbocycles. The van der Waals surface area contributed by atoms with E-state index < -0.39 is 11.7 Å². The molecule has 1 aliphatic heterocycles. The highest BCUT2D eigenvalue weighted by Crippen LogP contribution is 2.31. The van der Waals surface area contributed by atoms with Crippen LogP contribution in [0.3, 0.4) is 0 Å². The fourth-order valence-corrected chi connectivity index (χ4v) is 4.77. The van der Waals surface area contributed by atoms with Gasteiger partial charge in [-0.25, -0.2) is 9.37 Å². The van der Waals surface area contributed by atoms with Crippen molar-refractivity contribution in [2.24, 2.45) is 12.8 Å². The first kappa shape index (κ1) is 24.4. The van der Waals surface area contributed by atoms with Crippen LogP contribution in [0.15, 0.2) is 36.7 Å². The van der Waals surface area contributed by atoms with Crippen LogP contribution >= 0.6 is 0 Å². The summed E-state index contributed by atoms with van der Waals surface area (Å²) in [4.78, 5) is 24.4. The summed E-state index contributed by atoms with van der Waals surface area (Å²) in [6.07, 6.45) is 3.29. The molecule has 37 heavy (non-hydrogen) atoms. The number of aromatic nitrogens is 4. The topological polar surface area (TPSA) is 147 Å². The minimum absolute atomic E-state index is 0.00114. The summed E-state index contributed by atoms with van der Waals surface area (Å²) in [5, 5.41) is 19.1. The highest BCUT2D eigenvalue weighted by Gasteiger charge is 2.25. The Balaban J connectivity index is 1.54. The van der Waals surface area contributed by atoms with E-state index in [1.807, 2.05) is 6.07 Å². The zero-order chi connectivity index (χ0) is 26.3. The van der Waals surface area contributed by atoms with Crippen LogP contribution in [-0.4, -0.2) is 63.3 Å². The molecule has 0 spiro atoms. The molecule has 2 unspecified atom stereocenters. The number of rotatable bonds is 6. The Labute approximate surface area is 212 Å². The number of hydrogen-bond donors (Lipinski definition) is 4. The number of fused-ring (bicyclic) bond motifs is 2. The monoisotopic (exact) mass is 505 g/mol. The predicted octanol–water partition coefficient (Wildman–Crippen LogP) is 2.41. The number of amides is 1. The van der Waals surface area contributed by atoms with E-state index in [4.69, 9.17) is 15.9 Å². The molecule has 5 N–H and O–H groups in total. The molecule has 0 saturated carbocycles. The number of anilines is 2. The van der Waals surface area contributed by atoms with Crippen molar-refractivity contribution in [2.75, 3.05) is 29.9 Å². The second-order valence-electron chi connectivity index (χ2n) is 9.39. The van der Waals surface area contributed by atoms with E-state index >= 15 is 0 Å². The van der Waals surface area contributed by atoms with Crippen molar-refractivity contribution in [1.82, 2.24) is 25.1 Å². The SMILES string of the molecule is CC1CN(c2ccc(C(=O)Nc3cc(F)c4nn(C)cc4c3)c3nc(OCC(=N)N)ncc23)CC(C)N1. The van der Waals surface area contributed by atoms with Gasteiger partial charge in [0.1, 0.15) is 18.0 Å². The van der Waals surface area contributed by atoms with Crippen LogP contribution in [0.25, 0.3) is 21.8 Å². The lowest BCUT2D eigenvalue weighted by molar-refractivity contribution is 0.102. The Bertz CT molecular complexity index is 1510. The second kappa shape index (κ2) is 9.62. The lowest BCUT2D eigenvalue weighted by Crippen LogP contribution is -2.54. The average Bonchev–Trinajstić information content (AvgIpc) is 3.22. The third kappa shape index (κ3) is 5.00. The van der Waals surface area contributed by atoms with E-state index in [0.717, 1.165) is 18.8 Å². The van der Waals surface area contributed by atoms with Crippen LogP contribution in [0.1, 0.15) is 24.2 Å². The van der Waals surface area contributed by atoms with Crippen molar-refractivity contribution in [3.05, 3.63) is 48.0 Å². The van der Waals surface area contributed by atoms with Crippen LogP contribution in [0.4, 0.5) is 15.8 Å². The van der Waals surface area contributed by atoms with Crippen molar-refractivity contribution < 1.29 is 13.9 Å². The van der Waals surface area contributed by atoms with Crippen molar-refractivity contribution >= 4 is 44.9 Å². The van der Waals surface area contributed by atoms with Gasteiger partial charge in [-0.2, -0.15) is 10.1 Å². The Morgan fingerprint density at radius 1 is 1.27 bits per heavy atom. The summed E-state index contributed by atoms with van der Waals surface area (Å²) in [7, 11) is 1.71. The lowest BCUT2D eigenvalue weighted by Gasteiger charge is -2.38. The maximum atomic E-state index is 14.6. The molecule has 0 aliphatic carbocycles. The van der Waals surface area contributed by atoms with Crippen molar-refractivity contribution in [2.45, 2.75) is 25.9 Å². The molecule has 1 fully saturated rings. The average molecular weight is 506 g/mol. The molecule has 192 valence electrons. The van der Waals surface area contributed by atoms with E-state index in [1.165, 1.54) is 10.7 Å². The number of ether oxygens (including phenoxy) is 1. The van der Waals surface area contributed by atoms with Gasteiger partial charge in [-0.15, -0.1) is 0 Å². The smallest absolute Gasteiger partial charge is 0.317 e. The first-order valence-corrected chi connectivity index (χ1v) is 11.9. The van der Waals surface area contributed by atoms with Gasteiger partial charge in [0.2, 0.25) is 0 Å². The van der Waals surface area contributed by atoms with E-state index in [9.17, 15) is 9.18 Å². The molecule has 5 rings (SSSR count). The highest BCUT2D eigenvalue weighted by molar-refractivity contribution is 6.14. The van der Waals surface area contributed by atoms with Crippen LogP contribution in [0, 0.1) is 11.2 Å². The van der Waals surface area contributed by atoms with Gasteiger partial charge in [0, 0.05) is 66.8 Å². The molecule has 1 amide bonds. The molecular weight excluding hydrogens is 477 g/mol. The number of nitrogens with one attached hydrogen (secondary N) is 3. The molecule has 0 radical (unpaired) electrons. The summed E-state index contributed by atoms with van der Waals surface area (Å²) in [6.45, 7) is 5.62. The number of hydrogen-bond acceptors (Lipinski definition) is 8. The van der Waals surface area contributed by atoms with E-state index in [1.54, 1.807) is 31.6 Å². The molecule has 12 heteroatoms. The summed E-state index contributed by atoms with van der Waals surface area (Å²) in [5.74, 6) is -1.16. The van der Waals surface area contributed by atoms with Gasteiger partial charge in [-0.05, 0) is 38.1 Å². The maximum Gasteiger partial charge on any atom is 0.317 e. The van der Waals surface area contributed by atoms with Gasteiger partial charge in [-0.1, -0.05) is 0 Å². The standard InChI is InChI=1S/C25H28FN9O2/c1-13-9-35(10-14(2)30-13)20-5-4-17(23-18(20)8-29-25(32-23)37-12-21(27)28)24(36)31-16-6-15-11-34(3)33-22(15)19(26)7-16/h4-8,11,13-14,30H,9-10,12H2,1-3H3,(H3,27,28)(H,31,36). The first-order chi connectivity index (χ1) is 17.7. The number of carbonyl (C=O) groups excluding carboxylic acids is 1. The van der Waals surface area contributed by atoms with Crippen LogP contribution < -0.4 is 26.0 Å². The third-order valence-corrected chi connectivity index (χ3v) is 6.14. The number of halogens is 1. The molecule has 11 nitrogen and oxygen atoms in total. The zero-order valence-corrected chi connectivity index (χ0v) is 20.7. The third-order valence-electron chi connectivity index (χ3n) is 6.14. The number of nitrogens with two attached hydrogens (primary N) is 1. The maximum absolute atomic E-state index is 14.6. The molecule has 2 atom stereocenters. The Morgan fingerprint density at radius 2 is 2.03 bits per heavy atom. The second-order valence-corrected chi connectivity index (χ2v) is 9.39. The Morgan fingerprint density at radius 3 is 2.76 bits per heavy atom. The van der Waals surface area contributed by atoms with Crippen molar-refractivity contribution in [3.63, 3.8) is 0 Å². The molecule has 2 aromatic heterocycles. The number of carbonyl (C=O) groups is 1. The minimum atomic E-state index is -0.530. The largest absolute Gasteiger partial charge is 0.455 e.